The van der Waals surface area contributed by atoms with E-state index >= 15 is 0 Å². The van der Waals surface area contributed by atoms with E-state index < -0.39 is 52.6 Å². The molecule has 190 valence electrons. The Morgan fingerprint density at radius 2 is 1.75 bits per heavy atom. The van der Waals surface area contributed by atoms with Crippen LogP contribution in [0.25, 0.3) is 0 Å². The highest BCUT2D eigenvalue weighted by atomic mass is 19.4. The number of carboxylic acid groups (broad SMARTS) is 1. The summed E-state index contributed by atoms with van der Waals surface area (Å²) >= 11 is 0. The molecule has 0 radical (unpaired) electrons. The summed E-state index contributed by atoms with van der Waals surface area (Å²) in [5.74, 6) is -4.73. The summed E-state index contributed by atoms with van der Waals surface area (Å²) in [4.78, 5) is 29.4. The summed E-state index contributed by atoms with van der Waals surface area (Å²) in [6, 6.07) is 7.16. The number of pyridine rings is 1. The zero-order chi connectivity index (χ0) is 26.6. The normalized spacial score (nSPS) is 12.2. The Kier molecular flexibility index (Phi) is 7.91. The van der Waals surface area contributed by atoms with Crippen molar-refractivity contribution >= 4 is 11.9 Å². The summed E-state index contributed by atoms with van der Waals surface area (Å²) in [5, 5.41) is 9.06. The minimum absolute atomic E-state index is 0.000420. The molecule has 3 aromatic rings. The van der Waals surface area contributed by atoms with Crippen LogP contribution in [0.15, 0.2) is 54.7 Å². The molecule has 0 aliphatic heterocycles. The first-order valence-corrected chi connectivity index (χ1v) is 10.7. The van der Waals surface area contributed by atoms with E-state index in [1.807, 2.05) is 0 Å². The number of nitrogens with zero attached hydrogens (tertiary/aromatic N) is 2. The van der Waals surface area contributed by atoms with Crippen molar-refractivity contribution in [1.82, 2.24) is 9.88 Å². The van der Waals surface area contributed by atoms with Gasteiger partial charge in [0.2, 0.25) is 0 Å². The second-order valence-electron chi connectivity index (χ2n) is 7.79. The largest absolute Gasteiger partial charge is 0.496 e. The third kappa shape index (κ3) is 5.78. The maximum Gasteiger partial charge on any atom is 0.420 e. The Bertz CT molecular complexity index is 1240. The van der Waals surface area contributed by atoms with Crippen LogP contribution in [0.5, 0.6) is 5.75 Å². The zero-order valence-corrected chi connectivity index (χ0v) is 19.1. The standard InChI is InChI=1S/C25H21F5N2O4/c1-3-20(18-5-4-6-21(36-2)22(18)25(28,29)30)32(13-14-7-8-19(24(34)35)31-12-14)23(33)15-9-16(26)11-17(27)10-15/h4-12,20H,3,13H2,1-2H3,(H,34,35)/t20-/m1/s1. The van der Waals surface area contributed by atoms with Gasteiger partial charge in [-0.3, -0.25) is 4.79 Å². The van der Waals surface area contributed by atoms with Gasteiger partial charge in [-0.25, -0.2) is 18.6 Å². The van der Waals surface area contributed by atoms with Gasteiger partial charge in [0.25, 0.3) is 5.91 Å². The number of aromatic carboxylic acids is 1. The Labute approximate surface area is 203 Å². The van der Waals surface area contributed by atoms with E-state index in [1.165, 1.54) is 30.5 Å². The maximum absolute atomic E-state index is 14.1. The quantitative estimate of drug-likeness (QED) is 0.385. The van der Waals surface area contributed by atoms with Gasteiger partial charge in [-0.1, -0.05) is 25.1 Å². The number of amides is 1. The minimum Gasteiger partial charge on any atom is -0.496 e. The molecule has 0 saturated carbocycles. The van der Waals surface area contributed by atoms with Crippen LogP contribution in [0.3, 0.4) is 0 Å². The topological polar surface area (TPSA) is 79.7 Å². The molecule has 3 rings (SSSR count). The number of carbonyl (C=O) groups is 2. The Morgan fingerprint density at radius 3 is 2.25 bits per heavy atom. The van der Waals surface area contributed by atoms with Crippen LogP contribution in [0.2, 0.25) is 0 Å². The second-order valence-corrected chi connectivity index (χ2v) is 7.79. The van der Waals surface area contributed by atoms with E-state index in [-0.39, 0.29) is 24.2 Å². The maximum atomic E-state index is 14.1. The summed E-state index contributed by atoms with van der Waals surface area (Å²) in [5.41, 5.74) is -1.74. The fourth-order valence-electron chi connectivity index (χ4n) is 3.92. The van der Waals surface area contributed by atoms with Crippen molar-refractivity contribution in [1.29, 1.82) is 0 Å². The van der Waals surface area contributed by atoms with Crippen molar-refractivity contribution in [2.24, 2.45) is 0 Å². The Balaban J connectivity index is 2.17. The third-order valence-electron chi connectivity index (χ3n) is 5.45. The lowest BCUT2D eigenvalue weighted by atomic mass is 9.94. The molecule has 0 spiro atoms. The second kappa shape index (κ2) is 10.7. The highest BCUT2D eigenvalue weighted by Gasteiger charge is 2.40. The molecule has 1 N–H and O–H groups in total. The zero-order valence-electron chi connectivity index (χ0n) is 19.1. The molecule has 0 fully saturated rings. The van der Waals surface area contributed by atoms with E-state index in [1.54, 1.807) is 6.92 Å². The molecule has 2 aromatic carbocycles. The number of carboxylic acids is 1. The third-order valence-corrected chi connectivity index (χ3v) is 5.45. The number of ether oxygens (including phenoxy) is 1. The van der Waals surface area contributed by atoms with Crippen molar-refractivity contribution in [3.05, 3.63) is 94.3 Å². The average Bonchev–Trinajstić information content (AvgIpc) is 2.82. The van der Waals surface area contributed by atoms with Gasteiger partial charge in [0.15, 0.2) is 0 Å². The lowest BCUT2D eigenvalue weighted by molar-refractivity contribution is -0.140. The van der Waals surface area contributed by atoms with E-state index in [4.69, 9.17) is 9.84 Å². The predicted molar refractivity (Wildman–Crippen MR) is 118 cm³/mol. The van der Waals surface area contributed by atoms with Crippen LogP contribution in [0, 0.1) is 11.6 Å². The molecule has 11 heteroatoms. The van der Waals surface area contributed by atoms with Gasteiger partial charge in [-0.15, -0.1) is 0 Å². The van der Waals surface area contributed by atoms with Gasteiger partial charge in [0.1, 0.15) is 28.6 Å². The predicted octanol–water partition coefficient (Wildman–Crippen LogP) is 5.88. The van der Waals surface area contributed by atoms with Crippen LogP contribution in [-0.2, 0) is 12.7 Å². The van der Waals surface area contributed by atoms with Crippen LogP contribution in [-0.4, -0.2) is 34.0 Å². The van der Waals surface area contributed by atoms with E-state index in [2.05, 4.69) is 4.98 Å². The summed E-state index contributed by atoms with van der Waals surface area (Å²) in [7, 11) is 1.09. The lowest BCUT2D eigenvalue weighted by Crippen LogP contribution is -2.35. The van der Waals surface area contributed by atoms with E-state index in [0.29, 0.717) is 11.6 Å². The van der Waals surface area contributed by atoms with Crippen molar-refractivity contribution in [2.75, 3.05) is 7.11 Å². The van der Waals surface area contributed by atoms with Crippen molar-refractivity contribution in [2.45, 2.75) is 32.1 Å². The molecule has 0 aliphatic carbocycles. The van der Waals surface area contributed by atoms with Crippen LogP contribution >= 0.6 is 0 Å². The molecule has 1 atom stereocenters. The fourth-order valence-corrected chi connectivity index (χ4v) is 3.92. The Hall–Kier alpha value is -4.02. The highest BCUT2D eigenvalue weighted by molar-refractivity contribution is 5.94. The van der Waals surface area contributed by atoms with Gasteiger partial charge < -0.3 is 14.7 Å². The van der Waals surface area contributed by atoms with Gasteiger partial charge in [0, 0.05) is 24.4 Å². The molecule has 0 bridgehead atoms. The van der Waals surface area contributed by atoms with Crippen molar-refractivity contribution < 1.29 is 41.4 Å². The van der Waals surface area contributed by atoms with E-state index in [0.717, 1.165) is 30.2 Å². The summed E-state index contributed by atoms with van der Waals surface area (Å²) in [6.07, 6.45) is -3.67. The monoisotopic (exact) mass is 508 g/mol. The van der Waals surface area contributed by atoms with Gasteiger partial charge in [-0.2, -0.15) is 13.2 Å². The van der Waals surface area contributed by atoms with Crippen molar-refractivity contribution in [3.63, 3.8) is 0 Å². The number of methoxy groups -OCH3 is 1. The molecule has 0 unspecified atom stereocenters. The number of aromatic nitrogens is 1. The summed E-state index contributed by atoms with van der Waals surface area (Å²) in [6.45, 7) is 1.24. The van der Waals surface area contributed by atoms with Crippen LogP contribution in [0.1, 0.15) is 56.9 Å². The van der Waals surface area contributed by atoms with Crippen LogP contribution < -0.4 is 4.74 Å². The van der Waals surface area contributed by atoms with Gasteiger partial charge in [-0.05, 0) is 41.8 Å². The first kappa shape index (κ1) is 26.6. The number of halogens is 5. The van der Waals surface area contributed by atoms with Crippen LogP contribution in [0.4, 0.5) is 22.0 Å². The highest BCUT2D eigenvalue weighted by Crippen LogP contribution is 2.43. The number of alkyl halides is 3. The summed E-state index contributed by atoms with van der Waals surface area (Å²) < 4.78 is 74.9. The average molecular weight is 508 g/mol. The molecule has 1 amide bonds. The molecule has 1 heterocycles. The molecular weight excluding hydrogens is 487 g/mol. The molecular formula is C25H21F5N2O4. The number of rotatable bonds is 8. The molecule has 6 nitrogen and oxygen atoms in total. The SMILES string of the molecule is CC[C@H](c1cccc(OC)c1C(F)(F)F)N(Cc1ccc(C(=O)O)nc1)C(=O)c1cc(F)cc(F)c1. The first-order valence-electron chi connectivity index (χ1n) is 10.7. The lowest BCUT2D eigenvalue weighted by Gasteiger charge is -2.33. The molecule has 0 aliphatic rings. The van der Waals surface area contributed by atoms with Gasteiger partial charge in [0.05, 0.1) is 13.2 Å². The smallest absolute Gasteiger partial charge is 0.420 e. The number of benzene rings is 2. The van der Waals surface area contributed by atoms with E-state index in [9.17, 15) is 31.5 Å². The number of carbonyl (C=O) groups excluding carboxylic acids is 1. The number of hydrogen-bond acceptors (Lipinski definition) is 4. The minimum atomic E-state index is -4.83. The van der Waals surface area contributed by atoms with Crippen molar-refractivity contribution in [3.8, 4) is 5.75 Å². The Morgan fingerprint density at radius 1 is 1.08 bits per heavy atom. The molecule has 36 heavy (non-hydrogen) atoms. The fraction of sp³-hybridized carbons (Fsp3) is 0.240. The first-order chi connectivity index (χ1) is 17.0. The number of hydrogen-bond donors (Lipinski definition) is 1. The molecule has 1 aromatic heterocycles. The molecule has 0 saturated heterocycles. The van der Waals surface area contributed by atoms with Gasteiger partial charge >= 0.3 is 12.1 Å².